The van der Waals surface area contributed by atoms with Crippen molar-refractivity contribution in [3.8, 4) is 0 Å². The molecule has 4 heteroatoms. The minimum Gasteiger partial charge on any atom is -0.431 e. The number of aromatic nitrogens is 2. The molecule has 72 valence electrons. The highest BCUT2D eigenvalue weighted by atomic mass is 16.4. The van der Waals surface area contributed by atoms with E-state index >= 15 is 0 Å². The quantitative estimate of drug-likeness (QED) is 0.552. The lowest BCUT2D eigenvalue weighted by molar-refractivity contribution is 0.521. The maximum Gasteiger partial charge on any atom is 0.335 e. The van der Waals surface area contributed by atoms with E-state index in [1.165, 1.54) is 12.3 Å². The van der Waals surface area contributed by atoms with Crippen LogP contribution in [0.3, 0.4) is 0 Å². The lowest BCUT2D eigenvalue weighted by Gasteiger charge is -1.91. The van der Waals surface area contributed by atoms with Crippen LogP contribution in [0.5, 0.6) is 0 Å². The van der Waals surface area contributed by atoms with Crippen LogP contribution in [0.25, 0.3) is 21.7 Å². The molecule has 4 nitrogen and oxygen atoms in total. The fraction of sp³-hybridized carbons (Fsp3) is 0. The molecule has 15 heavy (non-hydrogen) atoms. The Kier molecular flexibility index (Phi) is 1.56. The molecule has 0 radical (unpaired) electrons. The minimum absolute atomic E-state index is 0.369. The molecule has 0 saturated carbocycles. The first-order valence-corrected chi connectivity index (χ1v) is 4.47. The van der Waals surface area contributed by atoms with E-state index in [1.54, 1.807) is 12.3 Å². The Morgan fingerprint density at radius 1 is 1.07 bits per heavy atom. The summed E-state index contributed by atoms with van der Waals surface area (Å²) in [5.41, 5.74) is 0.433. The fourth-order valence-electron chi connectivity index (χ4n) is 1.60. The van der Waals surface area contributed by atoms with Crippen LogP contribution in [-0.2, 0) is 0 Å². The number of benzene rings is 1. The van der Waals surface area contributed by atoms with Crippen molar-refractivity contribution in [2.24, 2.45) is 0 Å². The van der Waals surface area contributed by atoms with Gasteiger partial charge in [0.15, 0.2) is 0 Å². The molecule has 0 atom stereocenters. The zero-order chi connectivity index (χ0) is 10.3. The van der Waals surface area contributed by atoms with Crippen molar-refractivity contribution < 1.29 is 4.42 Å². The van der Waals surface area contributed by atoms with Crippen molar-refractivity contribution in [3.05, 3.63) is 47.1 Å². The monoisotopic (exact) mass is 198 g/mol. The first kappa shape index (κ1) is 8.11. The number of hydrogen-bond donors (Lipinski definition) is 0. The molecule has 0 N–H and O–H groups in total. The lowest BCUT2D eigenvalue weighted by Crippen LogP contribution is -1.87. The molecule has 3 aromatic rings. The summed E-state index contributed by atoms with van der Waals surface area (Å²) in [4.78, 5) is 11.1. The van der Waals surface area contributed by atoms with Crippen LogP contribution >= 0.6 is 0 Å². The van der Waals surface area contributed by atoms with E-state index in [2.05, 4.69) is 10.2 Å². The van der Waals surface area contributed by atoms with Gasteiger partial charge >= 0.3 is 5.63 Å². The van der Waals surface area contributed by atoms with Crippen molar-refractivity contribution in [1.82, 2.24) is 10.2 Å². The van der Waals surface area contributed by atoms with E-state index in [-0.39, 0.29) is 5.63 Å². The Labute approximate surface area is 84.2 Å². The maximum absolute atomic E-state index is 11.1. The third-order valence-corrected chi connectivity index (χ3v) is 2.34. The summed E-state index contributed by atoms with van der Waals surface area (Å²) in [7, 11) is 0. The fourth-order valence-corrected chi connectivity index (χ4v) is 1.60. The summed E-state index contributed by atoms with van der Waals surface area (Å²) in [6.07, 6.45) is 3.11. The third-order valence-electron chi connectivity index (χ3n) is 2.34. The topological polar surface area (TPSA) is 56.0 Å². The first-order valence-electron chi connectivity index (χ1n) is 4.47. The number of rotatable bonds is 0. The Morgan fingerprint density at radius 2 is 1.93 bits per heavy atom. The summed E-state index contributed by atoms with van der Waals surface area (Å²) in [6.45, 7) is 0. The van der Waals surface area contributed by atoms with Gasteiger partial charge in [-0.2, -0.15) is 10.2 Å². The Morgan fingerprint density at radius 3 is 2.87 bits per heavy atom. The van der Waals surface area contributed by atoms with Crippen molar-refractivity contribution in [2.45, 2.75) is 0 Å². The highest BCUT2D eigenvalue weighted by Crippen LogP contribution is 2.21. The molecule has 0 aliphatic heterocycles. The summed E-state index contributed by atoms with van der Waals surface area (Å²) < 4.78 is 4.90. The van der Waals surface area contributed by atoms with Gasteiger partial charge in [-0.15, -0.1) is 0 Å². The molecule has 0 fully saturated rings. The van der Waals surface area contributed by atoms with Crippen LogP contribution in [-0.4, -0.2) is 10.2 Å². The second-order valence-corrected chi connectivity index (χ2v) is 3.23. The Hall–Kier alpha value is -2.23. The molecular weight excluding hydrogens is 192 g/mol. The van der Waals surface area contributed by atoms with Gasteiger partial charge in [0.25, 0.3) is 0 Å². The smallest absolute Gasteiger partial charge is 0.335 e. The lowest BCUT2D eigenvalue weighted by atomic mass is 10.1. The second kappa shape index (κ2) is 2.88. The molecular formula is C11H6N2O2. The molecule has 0 bridgehead atoms. The van der Waals surface area contributed by atoms with Gasteiger partial charge in [-0.1, -0.05) is 6.07 Å². The molecule has 0 amide bonds. The van der Waals surface area contributed by atoms with Crippen LogP contribution in [0.15, 0.2) is 45.9 Å². The molecule has 0 unspecified atom stereocenters. The van der Waals surface area contributed by atoms with E-state index in [9.17, 15) is 4.79 Å². The zero-order valence-electron chi connectivity index (χ0n) is 7.68. The van der Waals surface area contributed by atoms with Crippen LogP contribution in [0, 0.1) is 0 Å². The predicted molar refractivity (Wildman–Crippen MR) is 55.6 cm³/mol. The van der Waals surface area contributed by atoms with E-state index in [0.29, 0.717) is 0 Å². The molecule has 0 aliphatic carbocycles. The summed E-state index contributed by atoms with van der Waals surface area (Å²) in [6, 6.07) is 6.89. The second-order valence-electron chi connectivity index (χ2n) is 3.23. The Bertz CT molecular complexity index is 703. The van der Waals surface area contributed by atoms with Gasteiger partial charge in [-0.05, 0) is 17.5 Å². The SMILES string of the molecule is O=c1ccc2ccc3nncc3c2co1. The maximum atomic E-state index is 11.1. The van der Waals surface area contributed by atoms with E-state index in [4.69, 9.17) is 4.42 Å². The normalized spacial score (nSPS) is 10.9. The van der Waals surface area contributed by atoms with Crippen LogP contribution in [0.4, 0.5) is 0 Å². The van der Waals surface area contributed by atoms with Gasteiger partial charge in [0.05, 0.1) is 11.7 Å². The minimum atomic E-state index is -0.369. The van der Waals surface area contributed by atoms with Crippen molar-refractivity contribution in [1.29, 1.82) is 0 Å². The Balaban J connectivity index is 2.63. The number of hydrogen-bond acceptors (Lipinski definition) is 4. The van der Waals surface area contributed by atoms with Gasteiger partial charge in [-0.25, -0.2) is 4.79 Å². The number of nitrogens with zero attached hydrogens (tertiary/aromatic N) is 2. The van der Waals surface area contributed by atoms with Crippen LogP contribution in [0.2, 0.25) is 0 Å². The highest BCUT2D eigenvalue weighted by molar-refractivity contribution is 6.04. The molecule has 3 rings (SSSR count). The molecule has 1 aromatic carbocycles. The molecule has 0 spiro atoms. The van der Waals surface area contributed by atoms with Crippen LogP contribution in [0.1, 0.15) is 0 Å². The molecule has 2 aromatic heterocycles. The van der Waals surface area contributed by atoms with Crippen molar-refractivity contribution in [2.75, 3.05) is 0 Å². The average Bonchev–Trinajstić information content (AvgIpc) is 2.64. The van der Waals surface area contributed by atoms with E-state index < -0.39 is 0 Å². The van der Waals surface area contributed by atoms with Gasteiger partial charge in [0, 0.05) is 16.8 Å². The van der Waals surface area contributed by atoms with Gasteiger partial charge in [0.1, 0.15) is 6.26 Å². The van der Waals surface area contributed by atoms with E-state index in [1.807, 2.05) is 12.1 Å². The van der Waals surface area contributed by atoms with Gasteiger partial charge < -0.3 is 4.42 Å². The third kappa shape index (κ3) is 1.19. The highest BCUT2D eigenvalue weighted by Gasteiger charge is 2.02. The zero-order valence-corrected chi connectivity index (χ0v) is 7.68. The van der Waals surface area contributed by atoms with Crippen LogP contribution < -0.4 is 5.63 Å². The predicted octanol–water partition coefficient (Wildman–Crippen LogP) is 1.74. The van der Waals surface area contributed by atoms with E-state index in [0.717, 1.165) is 21.7 Å². The summed E-state index contributed by atoms with van der Waals surface area (Å²) in [5.74, 6) is 0. The molecule has 0 aliphatic rings. The van der Waals surface area contributed by atoms with Crippen molar-refractivity contribution >= 4 is 21.7 Å². The largest absolute Gasteiger partial charge is 0.431 e. The van der Waals surface area contributed by atoms with Crippen molar-refractivity contribution in [3.63, 3.8) is 0 Å². The summed E-state index contributed by atoms with van der Waals surface area (Å²) >= 11 is 0. The standard InChI is InChI=1S/C11H6N2O2/c14-11-4-2-7-1-3-10-8(5-12-13-10)9(7)6-15-11/h1-6H. The number of fused-ring (bicyclic) bond motifs is 3. The molecule has 0 saturated heterocycles. The first-order chi connectivity index (χ1) is 7.34. The average molecular weight is 198 g/mol. The summed E-state index contributed by atoms with van der Waals surface area (Å²) in [5, 5.41) is 10.4. The van der Waals surface area contributed by atoms with Gasteiger partial charge in [-0.3, -0.25) is 0 Å². The molecule has 2 heterocycles. The van der Waals surface area contributed by atoms with Gasteiger partial charge in [0.2, 0.25) is 0 Å².